The number of nitrogens with one attached hydrogen (secondary N) is 1. The van der Waals surface area contributed by atoms with E-state index in [2.05, 4.69) is 10.5 Å². The quantitative estimate of drug-likeness (QED) is 0.669. The van der Waals surface area contributed by atoms with Gasteiger partial charge in [-0.1, -0.05) is 6.07 Å². The van der Waals surface area contributed by atoms with Crippen molar-refractivity contribution in [2.75, 3.05) is 16.9 Å². The van der Waals surface area contributed by atoms with Crippen LogP contribution in [0, 0.1) is 29.6 Å². The maximum atomic E-state index is 11.8. The number of rotatable bonds is 3. The van der Waals surface area contributed by atoms with Crippen LogP contribution in [-0.4, -0.2) is 18.2 Å². The maximum absolute atomic E-state index is 11.8. The number of amides is 1. The molecule has 0 aliphatic carbocycles. The molecule has 1 aliphatic heterocycles. The van der Waals surface area contributed by atoms with Crippen LogP contribution in [0.15, 0.2) is 23.3 Å². The van der Waals surface area contributed by atoms with E-state index >= 15 is 0 Å². The number of hydrogen-bond donors (Lipinski definition) is 1. The second-order valence-corrected chi connectivity index (χ2v) is 4.45. The average molecular weight is 267 g/mol. The molecule has 0 aromatic heterocycles. The lowest BCUT2D eigenvalue weighted by Crippen LogP contribution is -2.24. The van der Waals surface area contributed by atoms with Gasteiger partial charge in [-0.2, -0.15) is 15.6 Å². The van der Waals surface area contributed by atoms with E-state index < -0.39 is 0 Å². The van der Waals surface area contributed by atoms with Gasteiger partial charge in [-0.3, -0.25) is 10.2 Å². The van der Waals surface area contributed by atoms with Crippen molar-refractivity contribution in [1.29, 1.82) is 10.5 Å². The van der Waals surface area contributed by atoms with Gasteiger partial charge in [0, 0.05) is 18.7 Å². The van der Waals surface area contributed by atoms with E-state index in [4.69, 9.17) is 10.5 Å². The molecule has 6 heteroatoms. The van der Waals surface area contributed by atoms with Crippen molar-refractivity contribution >= 4 is 23.0 Å². The minimum absolute atomic E-state index is 0.114. The van der Waals surface area contributed by atoms with Gasteiger partial charge in [-0.15, -0.1) is 0 Å². The Morgan fingerprint density at radius 3 is 2.75 bits per heavy atom. The van der Waals surface area contributed by atoms with Crippen molar-refractivity contribution in [2.45, 2.75) is 19.8 Å². The Morgan fingerprint density at radius 2 is 2.15 bits per heavy atom. The third-order valence-corrected chi connectivity index (χ3v) is 3.08. The highest BCUT2D eigenvalue weighted by atomic mass is 16.2. The Labute approximate surface area is 116 Å². The summed E-state index contributed by atoms with van der Waals surface area (Å²) in [5.41, 5.74) is 4.88. The Morgan fingerprint density at radius 1 is 1.40 bits per heavy atom. The predicted molar refractivity (Wildman–Crippen MR) is 75.0 cm³/mol. The Kier molecular flexibility index (Phi) is 3.97. The maximum Gasteiger partial charge on any atom is 0.237 e. The van der Waals surface area contributed by atoms with Gasteiger partial charge in [0.25, 0.3) is 0 Å². The monoisotopic (exact) mass is 267 g/mol. The summed E-state index contributed by atoms with van der Waals surface area (Å²) in [5, 5.41) is 20.9. The number of hydrazone groups is 1. The van der Waals surface area contributed by atoms with Crippen molar-refractivity contribution in [1.82, 2.24) is 0 Å². The molecule has 1 amide bonds. The van der Waals surface area contributed by atoms with E-state index in [-0.39, 0.29) is 11.6 Å². The predicted octanol–water partition coefficient (Wildman–Crippen LogP) is 1.94. The zero-order chi connectivity index (χ0) is 14.5. The number of anilines is 2. The first-order chi connectivity index (χ1) is 9.65. The van der Waals surface area contributed by atoms with E-state index in [1.165, 1.54) is 0 Å². The summed E-state index contributed by atoms with van der Waals surface area (Å²) in [6.07, 6.45) is 1.43. The number of benzene rings is 1. The molecule has 1 saturated heterocycles. The number of nitriles is 2. The highest BCUT2D eigenvalue weighted by molar-refractivity contribution is 6.10. The highest BCUT2D eigenvalue weighted by Gasteiger charge is 2.23. The van der Waals surface area contributed by atoms with Gasteiger partial charge < -0.3 is 4.90 Å². The fourth-order valence-electron chi connectivity index (χ4n) is 2.07. The molecule has 1 N–H and O–H groups in total. The number of aryl methyl sites for hydroxylation is 1. The molecule has 0 atom stereocenters. The first-order valence-corrected chi connectivity index (χ1v) is 6.20. The molecule has 0 radical (unpaired) electrons. The summed E-state index contributed by atoms with van der Waals surface area (Å²) in [6.45, 7) is 2.65. The molecule has 1 aliphatic rings. The Balaban J connectivity index is 2.26. The third-order valence-electron chi connectivity index (χ3n) is 3.08. The number of hydrogen-bond acceptors (Lipinski definition) is 5. The molecule has 0 saturated carbocycles. The molecule has 0 bridgehead atoms. The fourth-order valence-corrected chi connectivity index (χ4v) is 2.07. The van der Waals surface area contributed by atoms with Gasteiger partial charge in [0.2, 0.25) is 11.6 Å². The lowest BCUT2D eigenvalue weighted by Gasteiger charge is -2.19. The van der Waals surface area contributed by atoms with E-state index in [0.29, 0.717) is 18.7 Å². The van der Waals surface area contributed by atoms with E-state index in [1.807, 2.05) is 13.0 Å². The summed E-state index contributed by atoms with van der Waals surface area (Å²) in [5.74, 6) is 0.114. The normalized spacial score (nSPS) is 13.6. The molecule has 0 spiro atoms. The van der Waals surface area contributed by atoms with Gasteiger partial charge in [0.05, 0.1) is 5.69 Å². The van der Waals surface area contributed by atoms with Crippen LogP contribution in [0.1, 0.15) is 18.4 Å². The fraction of sp³-hybridized carbons (Fsp3) is 0.286. The highest BCUT2D eigenvalue weighted by Crippen LogP contribution is 2.28. The third kappa shape index (κ3) is 2.76. The van der Waals surface area contributed by atoms with Crippen molar-refractivity contribution in [3.05, 3.63) is 23.8 Å². The summed E-state index contributed by atoms with van der Waals surface area (Å²) < 4.78 is 0. The molecule has 0 unspecified atom stereocenters. The van der Waals surface area contributed by atoms with Crippen LogP contribution in [0.5, 0.6) is 0 Å². The first-order valence-electron chi connectivity index (χ1n) is 6.20. The Hall–Kier alpha value is -2.86. The smallest absolute Gasteiger partial charge is 0.237 e. The van der Waals surface area contributed by atoms with Crippen LogP contribution in [0.25, 0.3) is 0 Å². The van der Waals surface area contributed by atoms with Crippen molar-refractivity contribution < 1.29 is 4.79 Å². The molecule has 6 nitrogen and oxygen atoms in total. The van der Waals surface area contributed by atoms with Crippen molar-refractivity contribution in [2.24, 2.45) is 5.10 Å². The second kappa shape index (κ2) is 5.85. The van der Waals surface area contributed by atoms with Gasteiger partial charge in [-0.25, -0.2) is 0 Å². The largest absolute Gasteiger partial charge is 0.312 e. The van der Waals surface area contributed by atoms with Crippen LogP contribution in [0.2, 0.25) is 0 Å². The summed E-state index contributed by atoms with van der Waals surface area (Å²) >= 11 is 0. The zero-order valence-electron chi connectivity index (χ0n) is 11.1. The lowest BCUT2D eigenvalue weighted by molar-refractivity contribution is -0.117. The van der Waals surface area contributed by atoms with Crippen LogP contribution in [0.3, 0.4) is 0 Å². The summed E-state index contributed by atoms with van der Waals surface area (Å²) in [4.78, 5) is 13.5. The standard InChI is InChI=1S/C14H13N5O/c1-10-4-5-11(17-18-12(8-15)9-16)7-13(10)19-6-2-3-14(19)20/h4-5,7,17H,2-3,6H2,1H3. The molecule has 2 rings (SSSR count). The van der Waals surface area contributed by atoms with Gasteiger partial charge >= 0.3 is 0 Å². The average Bonchev–Trinajstić information content (AvgIpc) is 2.87. The van der Waals surface area contributed by atoms with E-state index in [1.54, 1.807) is 29.2 Å². The molecule has 1 aromatic carbocycles. The molecule has 20 heavy (non-hydrogen) atoms. The number of nitrogens with zero attached hydrogens (tertiary/aromatic N) is 4. The first kappa shape index (κ1) is 13.6. The minimum atomic E-state index is -0.246. The SMILES string of the molecule is Cc1ccc(NN=C(C#N)C#N)cc1N1CCCC1=O. The van der Waals surface area contributed by atoms with Gasteiger partial charge in [0.1, 0.15) is 12.1 Å². The topological polar surface area (TPSA) is 92.3 Å². The molecule has 1 fully saturated rings. The zero-order valence-corrected chi connectivity index (χ0v) is 11.1. The molecule has 1 aromatic rings. The lowest BCUT2D eigenvalue weighted by atomic mass is 10.1. The molecular formula is C14H13N5O. The Bertz CT molecular complexity index is 635. The van der Waals surface area contributed by atoms with E-state index in [0.717, 1.165) is 17.7 Å². The summed E-state index contributed by atoms with van der Waals surface area (Å²) in [7, 11) is 0. The van der Waals surface area contributed by atoms with Crippen LogP contribution in [-0.2, 0) is 4.79 Å². The second-order valence-electron chi connectivity index (χ2n) is 4.45. The molecule has 1 heterocycles. The van der Waals surface area contributed by atoms with Crippen molar-refractivity contribution in [3.63, 3.8) is 0 Å². The number of carbonyl (C=O) groups is 1. The van der Waals surface area contributed by atoms with Crippen molar-refractivity contribution in [3.8, 4) is 12.1 Å². The molecule has 100 valence electrons. The van der Waals surface area contributed by atoms with Gasteiger partial charge in [0.15, 0.2) is 0 Å². The summed E-state index contributed by atoms with van der Waals surface area (Å²) in [6, 6.07) is 8.80. The van der Waals surface area contributed by atoms with E-state index in [9.17, 15) is 4.79 Å². The number of carbonyl (C=O) groups excluding carboxylic acids is 1. The van der Waals surface area contributed by atoms with Crippen LogP contribution < -0.4 is 10.3 Å². The van der Waals surface area contributed by atoms with Gasteiger partial charge in [-0.05, 0) is 31.0 Å². The minimum Gasteiger partial charge on any atom is -0.312 e. The molecular weight excluding hydrogens is 254 g/mol. The van der Waals surface area contributed by atoms with Crippen LogP contribution in [0.4, 0.5) is 11.4 Å². The van der Waals surface area contributed by atoms with Crippen LogP contribution >= 0.6 is 0 Å².